The molecular formula is C16H19N5O. The van der Waals surface area contributed by atoms with Crippen LogP contribution in [0.4, 0.5) is 0 Å². The van der Waals surface area contributed by atoms with Crippen molar-refractivity contribution < 1.29 is 4.79 Å². The van der Waals surface area contributed by atoms with Crippen LogP contribution in [0.3, 0.4) is 0 Å². The Morgan fingerprint density at radius 3 is 3.05 bits per heavy atom. The Hall–Kier alpha value is -2.21. The molecule has 22 heavy (non-hydrogen) atoms. The van der Waals surface area contributed by atoms with E-state index in [1.54, 1.807) is 0 Å². The zero-order valence-corrected chi connectivity index (χ0v) is 12.7. The number of aryl methyl sites for hydroxylation is 1. The van der Waals surface area contributed by atoms with Gasteiger partial charge in [0, 0.05) is 57.2 Å². The highest BCUT2D eigenvalue weighted by Gasteiger charge is 2.27. The van der Waals surface area contributed by atoms with Crippen LogP contribution in [-0.2, 0) is 26.1 Å². The summed E-state index contributed by atoms with van der Waals surface area (Å²) in [6, 6.07) is 2.07. The highest BCUT2D eigenvalue weighted by Crippen LogP contribution is 2.24. The van der Waals surface area contributed by atoms with Crippen LogP contribution >= 0.6 is 0 Å². The molecular weight excluding hydrogens is 278 g/mol. The standard InChI is InChI=1S/C16H19N5O/c1-11-6-12-8-21(9-13(12)7-18-11)16(22)14-10-20-5-4-17-3-2-15(20)19-14/h6-7,10,17H,2-5,8-9H2,1H3. The van der Waals surface area contributed by atoms with Crippen LogP contribution < -0.4 is 5.32 Å². The molecule has 114 valence electrons. The predicted molar refractivity (Wildman–Crippen MR) is 81.4 cm³/mol. The number of rotatable bonds is 1. The van der Waals surface area contributed by atoms with Crippen LogP contribution in [0, 0.1) is 6.92 Å². The maximum Gasteiger partial charge on any atom is 0.274 e. The Morgan fingerprint density at radius 1 is 1.27 bits per heavy atom. The third-order valence-electron chi connectivity index (χ3n) is 4.36. The first kappa shape index (κ1) is 13.5. The Kier molecular flexibility index (Phi) is 3.18. The van der Waals surface area contributed by atoms with Crippen LogP contribution in [-0.4, -0.2) is 38.4 Å². The van der Waals surface area contributed by atoms with Crippen molar-refractivity contribution in [3.05, 3.63) is 46.8 Å². The molecule has 4 heterocycles. The number of hydrogen-bond acceptors (Lipinski definition) is 4. The quantitative estimate of drug-likeness (QED) is 0.849. The molecule has 0 radical (unpaired) electrons. The monoisotopic (exact) mass is 297 g/mol. The van der Waals surface area contributed by atoms with E-state index in [1.165, 1.54) is 5.56 Å². The SMILES string of the molecule is Cc1cc2c(cn1)CN(C(=O)c1cn3c(n1)CCNCC3)C2. The predicted octanol–water partition coefficient (Wildman–Crippen LogP) is 0.888. The van der Waals surface area contributed by atoms with E-state index in [4.69, 9.17) is 0 Å². The van der Waals surface area contributed by atoms with Crippen molar-refractivity contribution in [1.29, 1.82) is 0 Å². The summed E-state index contributed by atoms with van der Waals surface area (Å²) >= 11 is 0. The Labute approximate surface area is 129 Å². The normalized spacial score (nSPS) is 17.0. The van der Waals surface area contributed by atoms with Gasteiger partial charge in [0.15, 0.2) is 0 Å². The van der Waals surface area contributed by atoms with Crippen LogP contribution in [0.15, 0.2) is 18.5 Å². The lowest BCUT2D eigenvalue weighted by atomic mass is 10.2. The molecule has 0 bridgehead atoms. The van der Waals surface area contributed by atoms with Gasteiger partial charge in [-0.05, 0) is 24.1 Å². The Morgan fingerprint density at radius 2 is 2.14 bits per heavy atom. The minimum absolute atomic E-state index is 0.0161. The maximum atomic E-state index is 12.7. The second-order valence-corrected chi connectivity index (χ2v) is 5.99. The average Bonchev–Trinajstić information content (AvgIpc) is 3.04. The molecule has 0 spiro atoms. The first-order valence-electron chi connectivity index (χ1n) is 7.71. The lowest BCUT2D eigenvalue weighted by Crippen LogP contribution is -2.26. The first-order valence-corrected chi connectivity index (χ1v) is 7.71. The number of carbonyl (C=O) groups excluding carboxylic acids is 1. The fourth-order valence-corrected chi connectivity index (χ4v) is 3.18. The Balaban J connectivity index is 1.56. The highest BCUT2D eigenvalue weighted by molar-refractivity contribution is 5.92. The van der Waals surface area contributed by atoms with E-state index >= 15 is 0 Å². The van der Waals surface area contributed by atoms with Gasteiger partial charge < -0.3 is 14.8 Å². The van der Waals surface area contributed by atoms with Crippen LogP contribution in [0.2, 0.25) is 0 Å². The van der Waals surface area contributed by atoms with Crippen molar-refractivity contribution in [3.8, 4) is 0 Å². The topological polar surface area (TPSA) is 63.1 Å². The molecule has 0 atom stereocenters. The van der Waals surface area contributed by atoms with E-state index in [-0.39, 0.29) is 5.91 Å². The van der Waals surface area contributed by atoms with Gasteiger partial charge >= 0.3 is 0 Å². The van der Waals surface area contributed by atoms with Gasteiger partial charge in [0.1, 0.15) is 11.5 Å². The van der Waals surface area contributed by atoms with E-state index in [2.05, 4.69) is 25.9 Å². The average molecular weight is 297 g/mol. The van der Waals surface area contributed by atoms with Gasteiger partial charge in [-0.15, -0.1) is 0 Å². The van der Waals surface area contributed by atoms with Crippen molar-refractivity contribution in [2.45, 2.75) is 33.0 Å². The summed E-state index contributed by atoms with van der Waals surface area (Å²) in [6.07, 6.45) is 4.65. The largest absolute Gasteiger partial charge is 0.333 e. The summed E-state index contributed by atoms with van der Waals surface area (Å²) in [7, 11) is 0. The van der Waals surface area contributed by atoms with Gasteiger partial charge in [-0.2, -0.15) is 0 Å². The van der Waals surface area contributed by atoms with Crippen molar-refractivity contribution in [2.24, 2.45) is 0 Å². The maximum absolute atomic E-state index is 12.7. The zero-order chi connectivity index (χ0) is 15.1. The summed E-state index contributed by atoms with van der Waals surface area (Å²) in [5.41, 5.74) is 3.90. The number of hydrogen-bond donors (Lipinski definition) is 1. The molecule has 2 aromatic rings. The second-order valence-electron chi connectivity index (χ2n) is 5.99. The number of pyridine rings is 1. The van der Waals surface area contributed by atoms with Crippen LogP contribution in [0.25, 0.3) is 0 Å². The fraction of sp³-hybridized carbons (Fsp3) is 0.438. The molecule has 2 aliphatic rings. The number of amides is 1. The molecule has 0 unspecified atom stereocenters. The third-order valence-corrected chi connectivity index (χ3v) is 4.36. The number of aromatic nitrogens is 3. The smallest absolute Gasteiger partial charge is 0.274 e. The second kappa shape index (κ2) is 5.21. The van der Waals surface area contributed by atoms with E-state index < -0.39 is 0 Å². The molecule has 1 N–H and O–H groups in total. The molecule has 0 aromatic carbocycles. The summed E-state index contributed by atoms with van der Waals surface area (Å²) in [4.78, 5) is 23.4. The number of nitrogens with one attached hydrogen (secondary N) is 1. The number of fused-ring (bicyclic) bond motifs is 2. The molecule has 1 amide bonds. The molecule has 2 aromatic heterocycles. The zero-order valence-electron chi connectivity index (χ0n) is 12.7. The van der Waals surface area contributed by atoms with Crippen LogP contribution in [0.5, 0.6) is 0 Å². The van der Waals surface area contributed by atoms with E-state index in [1.807, 2.05) is 24.2 Å². The molecule has 0 saturated carbocycles. The van der Waals surface area contributed by atoms with Gasteiger partial charge in [0.25, 0.3) is 5.91 Å². The Bertz CT molecular complexity index is 713. The summed E-state index contributed by atoms with van der Waals surface area (Å²) < 4.78 is 2.10. The van der Waals surface area contributed by atoms with E-state index in [0.29, 0.717) is 18.8 Å². The molecule has 2 aliphatic heterocycles. The lowest BCUT2D eigenvalue weighted by Gasteiger charge is -2.13. The lowest BCUT2D eigenvalue weighted by molar-refractivity contribution is 0.0745. The van der Waals surface area contributed by atoms with Crippen molar-refractivity contribution in [2.75, 3.05) is 13.1 Å². The number of nitrogens with zero attached hydrogens (tertiary/aromatic N) is 4. The molecule has 4 rings (SSSR count). The van der Waals surface area contributed by atoms with Gasteiger partial charge in [-0.25, -0.2) is 4.98 Å². The first-order chi connectivity index (χ1) is 10.7. The van der Waals surface area contributed by atoms with Gasteiger partial charge in [0.2, 0.25) is 0 Å². The van der Waals surface area contributed by atoms with Gasteiger partial charge in [-0.1, -0.05) is 0 Å². The molecule has 0 saturated heterocycles. The highest BCUT2D eigenvalue weighted by atomic mass is 16.2. The number of imidazole rings is 1. The summed E-state index contributed by atoms with van der Waals surface area (Å²) in [6.45, 7) is 5.98. The van der Waals surface area contributed by atoms with Crippen molar-refractivity contribution in [1.82, 2.24) is 24.8 Å². The van der Waals surface area contributed by atoms with Crippen LogP contribution in [0.1, 0.15) is 33.1 Å². The molecule has 0 aliphatic carbocycles. The van der Waals surface area contributed by atoms with Gasteiger partial charge in [-0.3, -0.25) is 9.78 Å². The molecule has 0 fully saturated rings. The van der Waals surface area contributed by atoms with Gasteiger partial charge in [0.05, 0.1) is 0 Å². The number of carbonyl (C=O) groups is 1. The minimum Gasteiger partial charge on any atom is -0.333 e. The van der Waals surface area contributed by atoms with Crippen molar-refractivity contribution in [3.63, 3.8) is 0 Å². The summed E-state index contributed by atoms with van der Waals surface area (Å²) in [5.74, 6) is 1.02. The fourth-order valence-electron chi connectivity index (χ4n) is 3.18. The molecule has 6 heteroatoms. The van der Waals surface area contributed by atoms with E-state index in [0.717, 1.165) is 43.1 Å². The third kappa shape index (κ3) is 2.29. The van der Waals surface area contributed by atoms with Crippen molar-refractivity contribution >= 4 is 5.91 Å². The summed E-state index contributed by atoms with van der Waals surface area (Å²) in [5, 5.41) is 3.34. The van der Waals surface area contributed by atoms with E-state index in [9.17, 15) is 4.79 Å². The molecule has 6 nitrogen and oxygen atoms in total. The minimum atomic E-state index is 0.0161.